The highest BCUT2D eigenvalue weighted by Gasteiger charge is 2.70. The van der Waals surface area contributed by atoms with E-state index in [1.165, 1.54) is 13.8 Å². The van der Waals surface area contributed by atoms with Crippen molar-refractivity contribution in [2.75, 3.05) is 0 Å². The van der Waals surface area contributed by atoms with Crippen molar-refractivity contribution < 1.29 is 19.8 Å². The molecule has 0 radical (unpaired) electrons. The number of ketones is 2. The third kappa shape index (κ3) is 1.41. The number of carbonyl (C=O) groups excluding carboxylic acids is 2. The zero-order valence-electron chi connectivity index (χ0n) is 14.0. The van der Waals surface area contributed by atoms with Crippen molar-refractivity contribution in [3.63, 3.8) is 0 Å². The molecule has 120 valence electrons. The van der Waals surface area contributed by atoms with Crippen LogP contribution in [0.4, 0.5) is 0 Å². The Morgan fingerprint density at radius 1 is 1.00 bits per heavy atom. The fourth-order valence-electron chi connectivity index (χ4n) is 5.19. The zero-order chi connectivity index (χ0) is 16.8. The van der Waals surface area contributed by atoms with E-state index in [9.17, 15) is 19.8 Å². The van der Waals surface area contributed by atoms with Crippen LogP contribution < -0.4 is 0 Å². The lowest BCUT2D eigenvalue weighted by Crippen LogP contribution is -2.71. The quantitative estimate of drug-likeness (QED) is 0.669. The van der Waals surface area contributed by atoms with Gasteiger partial charge in [-0.1, -0.05) is 17.2 Å². The van der Waals surface area contributed by atoms with Crippen molar-refractivity contribution in [1.82, 2.24) is 0 Å². The number of carbonyl (C=O) groups is 2. The van der Waals surface area contributed by atoms with E-state index in [-0.39, 0.29) is 17.5 Å². The van der Waals surface area contributed by atoms with Crippen LogP contribution in [0, 0.1) is 23.2 Å². The number of rotatable bonds is 0. The van der Waals surface area contributed by atoms with Crippen molar-refractivity contribution in [1.29, 1.82) is 0 Å². The third-order valence-corrected chi connectivity index (χ3v) is 6.70. The molecule has 0 amide bonds. The highest BCUT2D eigenvalue weighted by Crippen LogP contribution is 2.64. The number of aliphatic hydroxyl groups is 2. The second-order valence-corrected chi connectivity index (χ2v) is 7.84. The van der Waals surface area contributed by atoms with E-state index >= 15 is 0 Å². The summed E-state index contributed by atoms with van der Waals surface area (Å²) in [7, 11) is 0. The summed E-state index contributed by atoms with van der Waals surface area (Å²) in [6.45, 7) is 10.4. The van der Waals surface area contributed by atoms with Crippen molar-refractivity contribution >= 4 is 11.6 Å². The van der Waals surface area contributed by atoms with Gasteiger partial charge in [0.25, 0.3) is 0 Å². The van der Waals surface area contributed by atoms with Gasteiger partial charge in [0.05, 0.1) is 5.41 Å². The predicted molar refractivity (Wildman–Crippen MR) is 82.0 cm³/mol. The van der Waals surface area contributed by atoms with Crippen LogP contribution in [-0.4, -0.2) is 33.0 Å². The van der Waals surface area contributed by atoms with Gasteiger partial charge in [0, 0.05) is 17.8 Å². The molecule has 1 fully saturated rings. The summed E-state index contributed by atoms with van der Waals surface area (Å²) in [4.78, 5) is 25.5. The fourth-order valence-corrected chi connectivity index (χ4v) is 5.19. The molecule has 1 saturated carbocycles. The van der Waals surface area contributed by atoms with Gasteiger partial charge >= 0.3 is 0 Å². The average molecular weight is 304 g/mol. The molecule has 0 unspecified atom stereocenters. The Balaban J connectivity index is 2.37. The Bertz CT molecular complexity index is 665. The maximum atomic E-state index is 13.0. The number of fused-ring (bicyclic) bond motifs is 1. The minimum absolute atomic E-state index is 0.205. The molecule has 22 heavy (non-hydrogen) atoms. The summed E-state index contributed by atoms with van der Waals surface area (Å²) < 4.78 is 0. The van der Waals surface area contributed by atoms with E-state index in [2.05, 4.69) is 0 Å². The molecular formula is C18H24O4. The van der Waals surface area contributed by atoms with Crippen molar-refractivity contribution in [3.8, 4) is 0 Å². The van der Waals surface area contributed by atoms with E-state index < -0.39 is 28.5 Å². The first kappa shape index (κ1) is 15.6. The Labute approximate surface area is 130 Å². The molecule has 0 heterocycles. The van der Waals surface area contributed by atoms with Crippen molar-refractivity contribution in [2.45, 2.75) is 52.7 Å². The summed E-state index contributed by atoms with van der Waals surface area (Å²) in [5.41, 5.74) is -1.66. The molecule has 4 rings (SSSR count). The van der Waals surface area contributed by atoms with E-state index in [0.29, 0.717) is 5.57 Å². The van der Waals surface area contributed by atoms with Crippen LogP contribution in [-0.2, 0) is 9.59 Å². The molecule has 4 aliphatic rings. The van der Waals surface area contributed by atoms with Crippen LogP contribution in [0.1, 0.15) is 41.5 Å². The molecule has 4 heteroatoms. The third-order valence-electron chi connectivity index (χ3n) is 6.70. The SMILES string of the molecule is CC1=C[C@H]2[C@@H]3[C@@H](C(C)=C(C)C(=O)[C@]3(C)O)[C@]1(C)C(=O)[C@]2(C)O. The Morgan fingerprint density at radius 3 is 2.09 bits per heavy atom. The topological polar surface area (TPSA) is 74.6 Å². The first-order valence-electron chi connectivity index (χ1n) is 7.80. The Kier molecular flexibility index (Phi) is 2.83. The largest absolute Gasteiger partial charge is 0.382 e. The van der Waals surface area contributed by atoms with Gasteiger partial charge in [-0.05, 0) is 47.1 Å². The molecule has 6 atom stereocenters. The maximum Gasteiger partial charge on any atom is 0.190 e. The van der Waals surface area contributed by atoms with Crippen LogP contribution in [0.15, 0.2) is 22.8 Å². The number of hydrogen-bond acceptors (Lipinski definition) is 4. The van der Waals surface area contributed by atoms with E-state index in [4.69, 9.17) is 0 Å². The summed E-state index contributed by atoms with van der Waals surface area (Å²) in [5, 5.41) is 21.7. The number of Topliss-reactive ketones (excluding diaryl/α,β-unsaturated/α-hetero) is 2. The predicted octanol–water partition coefficient (Wildman–Crippen LogP) is 1.81. The molecule has 2 N–H and O–H groups in total. The summed E-state index contributed by atoms with van der Waals surface area (Å²) >= 11 is 0. The summed E-state index contributed by atoms with van der Waals surface area (Å²) in [5.74, 6) is -1.78. The average Bonchev–Trinajstić information content (AvgIpc) is 2.42. The standard InChI is InChI=1S/C18H24O4/c1-8-7-11-13-12(16(8,4)15(20)17(11,5)21)9(2)10(3)14(19)18(13,6)22/h7,11-13,21-22H,1-6H3/t11-,12+,13+,16+,17+,18+/m0/s1. The van der Waals surface area contributed by atoms with Crippen LogP contribution in [0.25, 0.3) is 0 Å². The molecule has 0 spiro atoms. The zero-order valence-corrected chi connectivity index (χ0v) is 14.0. The molecular weight excluding hydrogens is 280 g/mol. The molecule has 4 nitrogen and oxygen atoms in total. The summed E-state index contributed by atoms with van der Waals surface area (Å²) in [6, 6.07) is 0. The van der Waals surface area contributed by atoms with Gasteiger partial charge in [0.15, 0.2) is 11.6 Å². The maximum absolute atomic E-state index is 13.0. The van der Waals surface area contributed by atoms with Gasteiger partial charge in [-0.2, -0.15) is 0 Å². The first-order chi connectivity index (χ1) is 9.89. The highest BCUT2D eigenvalue weighted by atomic mass is 16.3. The Hall–Kier alpha value is -1.26. The molecule has 0 aliphatic heterocycles. The monoisotopic (exact) mass is 304 g/mol. The fraction of sp³-hybridized carbons (Fsp3) is 0.667. The van der Waals surface area contributed by atoms with E-state index in [1.54, 1.807) is 6.92 Å². The second kappa shape index (κ2) is 3.98. The van der Waals surface area contributed by atoms with Gasteiger partial charge in [-0.25, -0.2) is 0 Å². The number of allylic oxidation sites excluding steroid dienone is 2. The minimum Gasteiger partial charge on any atom is -0.382 e. The van der Waals surface area contributed by atoms with Crippen LogP contribution in [0.2, 0.25) is 0 Å². The van der Waals surface area contributed by atoms with Gasteiger partial charge in [0.2, 0.25) is 0 Å². The normalized spacial score (nSPS) is 51.1. The van der Waals surface area contributed by atoms with E-state index in [0.717, 1.165) is 11.1 Å². The summed E-state index contributed by atoms with van der Waals surface area (Å²) in [6.07, 6.45) is 1.89. The van der Waals surface area contributed by atoms with Gasteiger partial charge in [-0.3, -0.25) is 9.59 Å². The molecule has 0 aromatic rings. The molecule has 4 aliphatic carbocycles. The highest BCUT2D eigenvalue weighted by molar-refractivity contribution is 6.05. The Morgan fingerprint density at radius 2 is 1.55 bits per heavy atom. The number of hydrogen-bond donors (Lipinski definition) is 2. The van der Waals surface area contributed by atoms with Crippen LogP contribution in [0.3, 0.4) is 0 Å². The minimum atomic E-state index is -1.57. The lowest BCUT2D eigenvalue weighted by Gasteiger charge is -2.62. The van der Waals surface area contributed by atoms with Crippen molar-refractivity contribution in [3.05, 3.63) is 22.8 Å². The van der Waals surface area contributed by atoms with Gasteiger partial charge in [0.1, 0.15) is 11.2 Å². The molecule has 0 aromatic carbocycles. The van der Waals surface area contributed by atoms with Crippen LogP contribution in [0.5, 0.6) is 0 Å². The van der Waals surface area contributed by atoms with Crippen LogP contribution >= 0.6 is 0 Å². The smallest absolute Gasteiger partial charge is 0.190 e. The second-order valence-electron chi connectivity index (χ2n) is 7.84. The van der Waals surface area contributed by atoms with E-state index in [1.807, 2.05) is 26.8 Å². The lowest BCUT2D eigenvalue weighted by molar-refractivity contribution is -0.188. The van der Waals surface area contributed by atoms with Crippen molar-refractivity contribution in [2.24, 2.45) is 23.2 Å². The molecule has 2 bridgehead atoms. The molecule has 0 saturated heterocycles. The lowest BCUT2D eigenvalue weighted by atomic mass is 9.41. The van der Waals surface area contributed by atoms with Gasteiger partial charge in [-0.15, -0.1) is 0 Å². The van der Waals surface area contributed by atoms with Gasteiger partial charge < -0.3 is 10.2 Å². The first-order valence-corrected chi connectivity index (χ1v) is 7.80. The molecule has 0 aromatic heterocycles.